The van der Waals surface area contributed by atoms with Crippen LogP contribution in [0, 0.1) is 6.92 Å². The van der Waals surface area contributed by atoms with Crippen molar-refractivity contribution >= 4 is 35.1 Å². The summed E-state index contributed by atoms with van der Waals surface area (Å²) in [6, 6.07) is 21.1. The third kappa shape index (κ3) is 6.25. The first-order chi connectivity index (χ1) is 18.3. The van der Waals surface area contributed by atoms with Gasteiger partial charge in [-0.25, -0.2) is 0 Å². The minimum Gasteiger partial charge on any atom is -0.481 e. The van der Waals surface area contributed by atoms with Crippen LogP contribution in [-0.2, 0) is 16.0 Å². The van der Waals surface area contributed by atoms with Crippen LogP contribution >= 0.6 is 11.6 Å². The molecule has 0 saturated carbocycles. The third-order valence-electron chi connectivity index (χ3n) is 7.12. The molecular formula is C31H33ClN2O4. The first-order valence-corrected chi connectivity index (χ1v) is 13.4. The number of hydrogen-bond donors (Lipinski definition) is 2. The second-order valence-electron chi connectivity index (χ2n) is 9.82. The molecule has 0 bridgehead atoms. The summed E-state index contributed by atoms with van der Waals surface area (Å²) in [4.78, 5) is 39.4. The van der Waals surface area contributed by atoms with Crippen LogP contribution in [0.25, 0.3) is 0 Å². The Balaban J connectivity index is 1.66. The van der Waals surface area contributed by atoms with E-state index < -0.39 is 11.9 Å². The smallest absolute Gasteiger partial charge is 0.305 e. The highest BCUT2D eigenvalue weighted by atomic mass is 35.5. The number of rotatable bonds is 10. The van der Waals surface area contributed by atoms with Gasteiger partial charge in [0.2, 0.25) is 5.91 Å². The van der Waals surface area contributed by atoms with Crippen LogP contribution < -0.4 is 10.2 Å². The zero-order chi connectivity index (χ0) is 27.2. The topological polar surface area (TPSA) is 86.7 Å². The maximum atomic E-state index is 14.3. The predicted molar refractivity (Wildman–Crippen MR) is 150 cm³/mol. The van der Waals surface area contributed by atoms with Crippen LogP contribution in [0.3, 0.4) is 0 Å². The molecule has 0 spiro atoms. The van der Waals surface area contributed by atoms with E-state index in [0.717, 1.165) is 36.1 Å². The van der Waals surface area contributed by atoms with Crippen molar-refractivity contribution in [2.45, 2.75) is 51.4 Å². The van der Waals surface area contributed by atoms with Gasteiger partial charge < -0.3 is 15.3 Å². The molecule has 1 aliphatic heterocycles. The molecule has 0 aliphatic carbocycles. The highest BCUT2D eigenvalue weighted by Gasteiger charge is 2.36. The Morgan fingerprint density at radius 1 is 1.00 bits per heavy atom. The van der Waals surface area contributed by atoms with Gasteiger partial charge in [0, 0.05) is 29.4 Å². The summed E-state index contributed by atoms with van der Waals surface area (Å²) in [5.41, 5.74) is 5.69. The number of anilines is 1. The van der Waals surface area contributed by atoms with Gasteiger partial charge in [-0.3, -0.25) is 14.4 Å². The summed E-state index contributed by atoms with van der Waals surface area (Å²) < 4.78 is 0. The molecule has 2 amide bonds. The molecule has 7 heteroatoms. The molecule has 1 heterocycles. The lowest BCUT2D eigenvalue weighted by molar-refractivity contribution is -0.136. The molecule has 3 aromatic rings. The summed E-state index contributed by atoms with van der Waals surface area (Å²) in [5.74, 6) is -1.75. The highest BCUT2D eigenvalue weighted by Crippen LogP contribution is 2.41. The maximum Gasteiger partial charge on any atom is 0.305 e. The van der Waals surface area contributed by atoms with E-state index in [4.69, 9.17) is 16.7 Å². The number of fused-ring (bicyclic) bond motifs is 1. The van der Waals surface area contributed by atoms with E-state index in [1.165, 1.54) is 11.1 Å². The van der Waals surface area contributed by atoms with Crippen molar-refractivity contribution < 1.29 is 19.5 Å². The number of halogens is 1. The van der Waals surface area contributed by atoms with E-state index in [0.29, 0.717) is 17.1 Å². The van der Waals surface area contributed by atoms with E-state index in [1.54, 1.807) is 12.1 Å². The maximum absolute atomic E-state index is 14.3. The zero-order valence-electron chi connectivity index (χ0n) is 21.7. The van der Waals surface area contributed by atoms with Crippen molar-refractivity contribution in [3.05, 3.63) is 99.6 Å². The van der Waals surface area contributed by atoms with Crippen LogP contribution in [0.4, 0.5) is 5.69 Å². The molecular weight excluding hydrogens is 500 g/mol. The minimum atomic E-state index is -0.961. The molecule has 0 saturated heterocycles. The number of aryl methyl sites for hydroxylation is 1. The molecule has 2 N–H and O–H groups in total. The molecule has 1 aliphatic rings. The van der Waals surface area contributed by atoms with Gasteiger partial charge in [0.25, 0.3) is 5.91 Å². The molecule has 0 aromatic heterocycles. The van der Waals surface area contributed by atoms with Crippen molar-refractivity contribution in [3.8, 4) is 0 Å². The van der Waals surface area contributed by atoms with Gasteiger partial charge in [-0.2, -0.15) is 0 Å². The van der Waals surface area contributed by atoms with Gasteiger partial charge in [0.05, 0.1) is 12.3 Å². The SMILES string of the molecule is CCCC(c1ccc(C(=O)NCCC(=O)O)cc1)C(C(=O)N1CCc2cc(C)ccc21)c1ccc(Cl)cc1. The van der Waals surface area contributed by atoms with E-state index >= 15 is 0 Å². The Hall–Kier alpha value is -3.64. The fraction of sp³-hybridized carbons (Fsp3) is 0.323. The number of nitrogens with zero attached hydrogens (tertiary/aromatic N) is 1. The van der Waals surface area contributed by atoms with Gasteiger partial charge >= 0.3 is 5.97 Å². The number of amides is 2. The summed E-state index contributed by atoms with van der Waals surface area (Å²) in [6.45, 7) is 4.89. The molecule has 0 radical (unpaired) electrons. The van der Waals surface area contributed by atoms with Crippen LogP contribution in [-0.4, -0.2) is 36.0 Å². The Labute approximate surface area is 228 Å². The molecule has 198 valence electrons. The molecule has 38 heavy (non-hydrogen) atoms. The van der Waals surface area contributed by atoms with Crippen LogP contribution in [0.2, 0.25) is 5.02 Å². The first-order valence-electron chi connectivity index (χ1n) is 13.0. The molecule has 4 rings (SSSR count). The lowest BCUT2D eigenvalue weighted by Gasteiger charge is -2.31. The predicted octanol–water partition coefficient (Wildman–Crippen LogP) is 6.11. The summed E-state index contributed by atoms with van der Waals surface area (Å²) in [6.07, 6.45) is 2.37. The normalized spacial score (nSPS) is 14.0. The van der Waals surface area contributed by atoms with Gasteiger partial charge in [-0.05, 0) is 72.7 Å². The van der Waals surface area contributed by atoms with E-state index in [2.05, 4.69) is 25.2 Å². The van der Waals surface area contributed by atoms with E-state index in [-0.39, 0.29) is 30.7 Å². The lowest BCUT2D eigenvalue weighted by atomic mass is 9.77. The van der Waals surface area contributed by atoms with Gasteiger partial charge in [0.15, 0.2) is 0 Å². The third-order valence-corrected chi connectivity index (χ3v) is 7.37. The number of carbonyl (C=O) groups is 3. The number of nitrogens with one attached hydrogen (secondary N) is 1. The van der Waals surface area contributed by atoms with Crippen molar-refractivity contribution in [1.29, 1.82) is 0 Å². The van der Waals surface area contributed by atoms with Crippen molar-refractivity contribution in [2.75, 3.05) is 18.0 Å². The highest BCUT2D eigenvalue weighted by molar-refractivity contribution is 6.30. The zero-order valence-corrected chi connectivity index (χ0v) is 22.5. The van der Waals surface area contributed by atoms with E-state index in [1.807, 2.05) is 53.4 Å². The van der Waals surface area contributed by atoms with Crippen molar-refractivity contribution in [1.82, 2.24) is 5.32 Å². The second-order valence-corrected chi connectivity index (χ2v) is 10.3. The Morgan fingerprint density at radius 3 is 2.34 bits per heavy atom. The molecule has 2 unspecified atom stereocenters. The number of carboxylic acid groups (broad SMARTS) is 1. The molecule has 6 nitrogen and oxygen atoms in total. The molecule has 2 atom stereocenters. The average molecular weight is 533 g/mol. The average Bonchev–Trinajstić information content (AvgIpc) is 3.32. The number of hydrogen-bond acceptors (Lipinski definition) is 3. The van der Waals surface area contributed by atoms with Gasteiger partial charge in [-0.1, -0.05) is 66.9 Å². The fourth-order valence-corrected chi connectivity index (χ4v) is 5.37. The van der Waals surface area contributed by atoms with Crippen LogP contribution in [0.15, 0.2) is 66.7 Å². The number of benzene rings is 3. The Kier molecular flexibility index (Phi) is 8.85. The van der Waals surface area contributed by atoms with E-state index in [9.17, 15) is 14.4 Å². The lowest BCUT2D eigenvalue weighted by Crippen LogP contribution is -2.36. The largest absolute Gasteiger partial charge is 0.481 e. The van der Waals surface area contributed by atoms with Crippen LogP contribution in [0.1, 0.15) is 70.6 Å². The summed E-state index contributed by atoms with van der Waals surface area (Å²) in [7, 11) is 0. The fourth-order valence-electron chi connectivity index (χ4n) is 5.25. The Morgan fingerprint density at radius 2 is 1.68 bits per heavy atom. The van der Waals surface area contributed by atoms with Gasteiger partial charge in [0.1, 0.15) is 0 Å². The number of carbonyl (C=O) groups excluding carboxylic acids is 2. The monoisotopic (exact) mass is 532 g/mol. The van der Waals surface area contributed by atoms with Crippen LogP contribution in [0.5, 0.6) is 0 Å². The molecule has 3 aromatic carbocycles. The number of aliphatic carboxylic acids is 1. The standard InChI is InChI=1S/C31H33ClN2O4/c1-3-4-26(21-6-8-23(9-7-21)30(37)33-17-15-28(35)36)29(22-10-12-25(32)13-11-22)31(38)34-18-16-24-19-20(2)5-14-27(24)34/h5-14,19,26,29H,3-4,15-18H2,1-2H3,(H,33,37)(H,35,36). The first kappa shape index (κ1) is 27.4. The quantitative estimate of drug-likeness (QED) is 0.330. The molecule has 0 fully saturated rings. The van der Waals surface area contributed by atoms with Crippen molar-refractivity contribution in [3.63, 3.8) is 0 Å². The van der Waals surface area contributed by atoms with Crippen molar-refractivity contribution in [2.24, 2.45) is 0 Å². The van der Waals surface area contributed by atoms with Gasteiger partial charge in [-0.15, -0.1) is 0 Å². The number of carboxylic acids is 1. The minimum absolute atomic E-state index is 0.0591. The summed E-state index contributed by atoms with van der Waals surface area (Å²) in [5, 5.41) is 12.1. The Bertz CT molecular complexity index is 1300. The summed E-state index contributed by atoms with van der Waals surface area (Å²) >= 11 is 6.20. The second kappa shape index (κ2) is 12.3.